The molecule has 7 heteroatoms. The molecule has 1 heterocycles. The van der Waals surface area contributed by atoms with Crippen LogP contribution in [0.3, 0.4) is 0 Å². The van der Waals surface area contributed by atoms with E-state index in [4.69, 9.17) is 9.47 Å². The summed E-state index contributed by atoms with van der Waals surface area (Å²) in [5.41, 5.74) is -0.720. The standard InChI is InChI=1S/C15H24N2O5/c1-14(2,3)22-13(20)16-10(12(19)21-4)7-9-8-15(5-6-15)17-11(9)18/h9-10H,5-8H2,1-4H3,(H,16,20)(H,17,18)/t9?,10-/m0/s1. The Morgan fingerprint density at radius 3 is 2.50 bits per heavy atom. The number of carbonyl (C=O) groups is 3. The van der Waals surface area contributed by atoms with Gasteiger partial charge in [0.1, 0.15) is 11.6 Å². The topological polar surface area (TPSA) is 93.7 Å². The lowest BCUT2D eigenvalue weighted by Gasteiger charge is -2.23. The third-order valence-corrected chi connectivity index (χ3v) is 3.95. The number of amides is 2. The minimum Gasteiger partial charge on any atom is -0.467 e. The molecule has 7 nitrogen and oxygen atoms in total. The first kappa shape index (κ1) is 16.6. The summed E-state index contributed by atoms with van der Waals surface area (Å²) in [6.45, 7) is 5.21. The first-order valence-corrected chi connectivity index (χ1v) is 7.53. The maximum Gasteiger partial charge on any atom is 0.408 e. The minimum absolute atomic E-state index is 0.0580. The number of hydrogen-bond acceptors (Lipinski definition) is 5. The fraction of sp³-hybridized carbons (Fsp3) is 0.800. The first-order chi connectivity index (χ1) is 10.1. The highest BCUT2D eigenvalue weighted by Crippen LogP contribution is 2.46. The van der Waals surface area contributed by atoms with Gasteiger partial charge in [0.25, 0.3) is 0 Å². The predicted octanol–water partition coefficient (Wildman–Crippen LogP) is 1.11. The second-order valence-corrected chi connectivity index (χ2v) is 7.13. The third-order valence-electron chi connectivity index (χ3n) is 3.95. The van der Waals surface area contributed by atoms with Gasteiger partial charge in [0.05, 0.1) is 7.11 Å². The van der Waals surface area contributed by atoms with Gasteiger partial charge in [0, 0.05) is 11.5 Å². The predicted molar refractivity (Wildman–Crippen MR) is 78.0 cm³/mol. The van der Waals surface area contributed by atoms with Gasteiger partial charge >= 0.3 is 12.1 Å². The Balaban J connectivity index is 1.96. The largest absolute Gasteiger partial charge is 0.467 e. The number of carbonyl (C=O) groups excluding carboxylic acids is 3. The number of rotatable bonds is 4. The zero-order chi connectivity index (χ0) is 16.5. The zero-order valence-corrected chi connectivity index (χ0v) is 13.5. The molecule has 2 rings (SSSR count). The van der Waals surface area contributed by atoms with Gasteiger partial charge in [0.15, 0.2) is 0 Å². The third kappa shape index (κ3) is 4.11. The lowest BCUT2D eigenvalue weighted by Crippen LogP contribution is -2.45. The van der Waals surface area contributed by atoms with E-state index in [1.54, 1.807) is 20.8 Å². The molecule has 2 fully saturated rings. The maximum absolute atomic E-state index is 12.0. The molecule has 0 aromatic carbocycles. The van der Waals surface area contributed by atoms with Crippen LogP contribution in [0.2, 0.25) is 0 Å². The first-order valence-electron chi connectivity index (χ1n) is 7.53. The molecule has 0 aromatic heterocycles. The summed E-state index contributed by atoms with van der Waals surface area (Å²) in [6.07, 6.45) is 2.20. The molecule has 2 atom stereocenters. The number of methoxy groups -OCH3 is 1. The van der Waals surface area contributed by atoms with E-state index in [0.717, 1.165) is 12.8 Å². The molecule has 0 radical (unpaired) electrons. The van der Waals surface area contributed by atoms with Crippen LogP contribution in [-0.4, -0.2) is 42.3 Å². The van der Waals surface area contributed by atoms with Gasteiger partial charge in [-0.05, 0) is 46.5 Å². The summed E-state index contributed by atoms with van der Waals surface area (Å²) in [4.78, 5) is 35.7. The Kier molecular flexibility index (Phi) is 4.35. The van der Waals surface area contributed by atoms with Gasteiger partial charge in [-0.15, -0.1) is 0 Å². The number of hydrogen-bond donors (Lipinski definition) is 2. The van der Waals surface area contributed by atoms with Crippen LogP contribution < -0.4 is 10.6 Å². The molecule has 2 aliphatic rings. The van der Waals surface area contributed by atoms with E-state index >= 15 is 0 Å². The molecule has 124 valence electrons. The maximum atomic E-state index is 12.0. The van der Waals surface area contributed by atoms with Gasteiger partial charge in [-0.2, -0.15) is 0 Å². The Hall–Kier alpha value is -1.79. The van der Waals surface area contributed by atoms with Gasteiger partial charge in [0.2, 0.25) is 5.91 Å². The van der Waals surface area contributed by atoms with Crippen molar-refractivity contribution >= 4 is 18.0 Å². The second-order valence-electron chi connectivity index (χ2n) is 7.13. The SMILES string of the molecule is COC(=O)[C@H](CC1CC2(CC2)NC1=O)NC(=O)OC(C)(C)C. The number of ether oxygens (including phenoxy) is 2. The highest BCUT2D eigenvalue weighted by molar-refractivity contribution is 5.85. The Morgan fingerprint density at radius 1 is 1.41 bits per heavy atom. The summed E-state index contributed by atoms with van der Waals surface area (Å²) in [7, 11) is 1.25. The van der Waals surface area contributed by atoms with E-state index in [1.165, 1.54) is 7.11 Å². The smallest absolute Gasteiger partial charge is 0.408 e. The van der Waals surface area contributed by atoms with Crippen LogP contribution in [0.5, 0.6) is 0 Å². The van der Waals surface area contributed by atoms with Gasteiger partial charge in [-0.3, -0.25) is 4.79 Å². The van der Waals surface area contributed by atoms with Crippen LogP contribution in [0, 0.1) is 5.92 Å². The Morgan fingerprint density at radius 2 is 2.05 bits per heavy atom. The number of nitrogens with one attached hydrogen (secondary N) is 2. The van der Waals surface area contributed by atoms with E-state index in [1.807, 2.05) is 0 Å². The summed E-state index contributed by atoms with van der Waals surface area (Å²) >= 11 is 0. The van der Waals surface area contributed by atoms with Crippen molar-refractivity contribution < 1.29 is 23.9 Å². The Bertz CT molecular complexity index is 479. The lowest BCUT2D eigenvalue weighted by molar-refractivity contribution is -0.143. The molecule has 1 spiro atoms. The van der Waals surface area contributed by atoms with Crippen LogP contribution in [-0.2, 0) is 19.1 Å². The van der Waals surface area contributed by atoms with Crippen molar-refractivity contribution in [1.82, 2.24) is 10.6 Å². The fourth-order valence-electron chi connectivity index (χ4n) is 2.74. The molecular weight excluding hydrogens is 288 g/mol. The highest BCUT2D eigenvalue weighted by Gasteiger charge is 2.52. The zero-order valence-electron chi connectivity index (χ0n) is 13.5. The van der Waals surface area contributed by atoms with E-state index in [-0.39, 0.29) is 23.8 Å². The van der Waals surface area contributed by atoms with Gasteiger partial charge in [-0.1, -0.05) is 0 Å². The van der Waals surface area contributed by atoms with Crippen molar-refractivity contribution in [2.24, 2.45) is 5.92 Å². The molecule has 1 unspecified atom stereocenters. The van der Waals surface area contributed by atoms with Crippen LogP contribution in [0.15, 0.2) is 0 Å². The van der Waals surface area contributed by atoms with Gasteiger partial charge < -0.3 is 20.1 Å². The number of alkyl carbamates (subject to hydrolysis) is 1. The van der Waals surface area contributed by atoms with E-state index in [9.17, 15) is 14.4 Å². The van der Waals surface area contributed by atoms with Crippen molar-refractivity contribution in [2.45, 2.75) is 63.6 Å². The van der Waals surface area contributed by atoms with Crippen LogP contribution in [0.25, 0.3) is 0 Å². The van der Waals surface area contributed by atoms with E-state index in [0.29, 0.717) is 6.42 Å². The molecule has 1 aliphatic heterocycles. The minimum atomic E-state index is -0.885. The molecule has 1 saturated carbocycles. The summed E-state index contributed by atoms with van der Waals surface area (Å²) in [6, 6.07) is -0.885. The van der Waals surface area contributed by atoms with Crippen LogP contribution in [0.4, 0.5) is 4.79 Å². The summed E-state index contributed by atoms with van der Waals surface area (Å²) < 4.78 is 9.86. The lowest BCUT2D eigenvalue weighted by atomic mass is 9.95. The van der Waals surface area contributed by atoms with Crippen molar-refractivity contribution in [3.05, 3.63) is 0 Å². The Labute approximate surface area is 130 Å². The molecule has 1 aliphatic carbocycles. The molecule has 0 bridgehead atoms. The molecule has 1 saturated heterocycles. The fourth-order valence-corrected chi connectivity index (χ4v) is 2.74. The quantitative estimate of drug-likeness (QED) is 0.759. The second kappa shape index (κ2) is 5.78. The van der Waals surface area contributed by atoms with Crippen molar-refractivity contribution in [2.75, 3.05) is 7.11 Å². The average molecular weight is 312 g/mol. The van der Waals surface area contributed by atoms with Crippen LogP contribution in [0.1, 0.15) is 46.5 Å². The summed E-state index contributed by atoms with van der Waals surface area (Å²) in [5, 5.41) is 5.48. The van der Waals surface area contributed by atoms with Crippen molar-refractivity contribution in [1.29, 1.82) is 0 Å². The normalized spacial score (nSPS) is 23.6. The van der Waals surface area contributed by atoms with Crippen LogP contribution >= 0.6 is 0 Å². The molecule has 0 aromatic rings. The molecule has 22 heavy (non-hydrogen) atoms. The molecule has 2 N–H and O–H groups in total. The van der Waals surface area contributed by atoms with E-state index < -0.39 is 23.7 Å². The van der Waals surface area contributed by atoms with E-state index in [2.05, 4.69) is 10.6 Å². The monoisotopic (exact) mass is 312 g/mol. The van der Waals surface area contributed by atoms with Crippen molar-refractivity contribution in [3.8, 4) is 0 Å². The highest BCUT2D eigenvalue weighted by atomic mass is 16.6. The van der Waals surface area contributed by atoms with Gasteiger partial charge in [-0.25, -0.2) is 9.59 Å². The van der Waals surface area contributed by atoms with Crippen molar-refractivity contribution in [3.63, 3.8) is 0 Å². The number of esters is 1. The molecule has 2 amide bonds. The average Bonchev–Trinajstić information content (AvgIpc) is 3.05. The molecular formula is C15H24N2O5. The summed E-state index contributed by atoms with van der Waals surface area (Å²) in [5.74, 6) is -0.922.